The summed E-state index contributed by atoms with van der Waals surface area (Å²) in [6, 6.07) is 7.71. The van der Waals surface area contributed by atoms with Crippen LogP contribution in [-0.2, 0) is 6.18 Å². The molecule has 0 aliphatic heterocycles. The van der Waals surface area contributed by atoms with Gasteiger partial charge in [0.15, 0.2) is 0 Å². The van der Waals surface area contributed by atoms with E-state index in [1.807, 2.05) is 18.2 Å². The van der Waals surface area contributed by atoms with E-state index in [4.69, 9.17) is 5.73 Å². The molecule has 0 aliphatic rings. The number of pyridine rings is 2. The van der Waals surface area contributed by atoms with Gasteiger partial charge in [-0.25, -0.2) is 4.98 Å². The lowest BCUT2D eigenvalue weighted by Gasteiger charge is -2.13. The normalized spacial score (nSPS) is 11.7. The van der Waals surface area contributed by atoms with Crippen molar-refractivity contribution in [2.24, 2.45) is 0 Å². The molecule has 0 radical (unpaired) electrons. The molecule has 2 aromatic heterocycles. The number of nitrogen functional groups attached to an aromatic ring is 1. The summed E-state index contributed by atoms with van der Waals surface area (Å²) >= 11 is 3.37. The van der Waals surface area contributed by atoms with E-state index < -0.39 is 11.9 Å². The van der Waals surface area contributed by atoms with Gasteiger partial charge in [-0.2, -0.15) is 13.2 Å². The van der Waals surface area contributed by atoms with Gasteiger partial charge in [-0.05, 0) is 30.3 Å². The number of halogens is 4. The number of aromatic nitrogens is 2. The Kier molecular flexibility index (Phi) is 3.85. The number of fused-ring (bicyclic) bond motifs is 1. The number of nitrogens with zero attached hydrogens (tertiary/aromatic N) is 2. The van der Waals surface area contributed by atoms with Gasteiger partial charge in [-0.3, -0.25) is 4.98 Å². The maximum Gasteiger partial charge on any atom is 0.433 e. The minimum absolute atomic E-state index is 0.385. The van der Waals surface area contributed by atoms with Crippen molar-refractivity contribution in [3.8, 4) is 0 Å². The molecule has 2 heterocycles. The second-order valence-corrected chi connectivity index (χ2v) is 5.72. The second-order valence-electron chi connectivity index (χ2n) is 4.80. The molecule has 3 rings (SSSR count). The molecule has 23 heavy (non-hydrogen) atoms. The fourth-order valence-electron chi connectivity index (χ4n) is 2.10. The van der Waals surface area contributed by atoms with E-state index in [1.54, 1.807) is 0 Å². The van der Waals surface area contributed by atoms with Crippen molar-refractivity contribution < 1.29 is 13.2 Å². The third-order valence-electron chi connectivity index (χ3n) is 3.18. The highest BCUT2D eigenvalue weighted by Gasteiger charge is 2.32. The van der Waals surface area contributed by atoms with Crippen molar-refractivity contribution in [3.63, 3.8) is 0 Å². The maximum atomic E-state index is 12.5. The van der Waals surface area contributed by atoms with E-state index in [9.17, 15) is 13.2 Å². The van der Waals surface area contributed by atoms with Crippen molar-refractivity contribution >= 4 is 43.9 Å². The molecular formula is C15H10BrF3N4. The molecule has 8 heteroatoms. The van der Waals surface area contributed by atoms with Crippen molar-refractivity contribution in [2.45, 2.75) is 6.18 Å². The summed E-state index contributed by atoms with van der Waals surface area (Å²) in [5, 5.41) is 3.75. The largest absolute Gasteiger partial charge is 0.433 e. The molecule has 3 aromatic rings. The standard InChI is InChI=1S/C15H10BrF3N4/c16-8-1-3-12-10(5-8)14(11(20)7-21-12)23-9-2-4-13(22-6-9)15(17,18)19/h1-7H,20H2,(H,21,23). The minimum Gasteiger partial charge on any atom is -0.396 e. The fraction of sp³-hybridized carbons (Fsp3) is 0.0667. The quantitative estimate of drug-likeness (QED) is 0.671. The average molecular weight is 383 g/mol. The summed E-state index contributed by atoms with van der Waals surface area (Å²) in [6.45, 7) is 0. The summed E-state index contributed by atoms with van der Waals surface area (Å²) < 4.78 is 38.5. The summed E-state index contributed by atoms with van der Waals surface area (Å²) in [7, 11) is 0. The molecule has 3 N–H and O–H groups in total. The molecule has 0 saturated carbocycles. The van der Waals surface area contributed by atoms with E-state index in [-0.39, 0.29) is 0 Å². The maximum absolute atomic E-state index is 12.5. The molecule has 4 nitrogen and oxygen atoms in total. The lowest BCUT2D eigenvalue weighted by Crippen LogP contribution is -2.07. The predicted octanol–water partition coefficient (Wildman–Crippen LogP) is 4.74. The predicted molar refractivity (Wildman–Crippen MR) is 86.4 cm³/mol. The minimum atomic E-state index is -4.47. The topological polar surface area (TPSA) is 63.8 Å². The highest BCUT2D eigenvalue weighted by Crippen LogP contribution is 2.33. The van der Waals surface area contributed by atoms with Crippen LogP contribution in [0.3, 0.4) is 0 Å². The van der Waals surface area contributed by atoms with Crippen LogP contribution in [0.15, 0.2) is 47.2 Å². The lowest BCUT2D eigenvalue weighted by molar-refractivity contribution is -0.141. The SMILES string of the molecule is Nc1cnc2ccc(Br)cc2c1Nc1ccc(C(F)(F)F)nc1. The average Bonchev–Trinajstić information content (AvgIpc) is 2.50. The van der Waals surface area contributed by atoms with Crippen LogP contribution in [-0.4, -0.2) is 9.97 Å². The van der Waals surface area contributed by atoms with Gasteiger partial charge in [0.05, 0.1) is 35.0 Å². The fourth-order valence-corrected chi connectivity index (χ4v) is 2.46. The van der Waals surface area contributed by atoms with Crippen molar-refractivity contribution in [1.29, 1.82) is 0 Å². The zero-order chi connectivity index (χ0) is 16.6. The highest BCUT2D eigenvalue weighted by molar-refractivity contribution is 9.10. The monoisotopic (exact) mass is 382 g/mol. The number of hydrogen-bond donors (Lipinski definition) is 2. The van der Waals surface area contributed by atoms with Crippen LogP contribution in [0.2, 0.25) is 0 Å². The Morgan fingerprint density at radius 1 is 1.04 bits per heavy atom. The number of nitrogens with two attached hydrogens (primary N) is 1. The lowest BCUT2D eigenvalue weighted by atomic mass is 10.1. The zero-order valence-corrected chi connectivity index (χ0v) is 13.1. The number of rotatable bonds is 2. The molecule has 0 spiro atoms. The number of nitrogens with one attached hydrogen (secondary N) is 1. The molecule has 0 aliphatic carbocycles. The van der Waals surface area contributed by atoms with E-state index in [2.05, 4.69) is 31.2 Å². The van der Waals surface area contributed by atoms with Crippen LogP contribution in [0.1, 0.15) is 5.69 Å². The molecule has 118 valence electrons. The van der Waals surface area contributed by atoms with Crippen LogP contribution in [0, 0.1) is 0 Å². The Labute approximate surface area is 137 Å². The number of benzene rings is 1. The number of hydrogen-bond acceptors (Lipinski definition) is 4. The first-order valence-corrected chi connectivity index (χ1v) is 7.28. The Hall–Kier alpha value is -2.35. The van der Waals surface area contributed by atoms with Crippen molar-refractivity contribution in [3.05, 3.63) is 52.9 Å². The Morgan fingerprint density at radius 2 is 1.83 bits per heavy atom. The second kappa shape index (κ2) is 5.69. The summed E-state index contributed by atoms with van der Waals surface area (Å²) in [5.41, 5.74) is 7.06. The van der Waals surface area contributed by atoms with Gasteiger partial charge >= 0.3 is 6.18 Å². The molecule has 0 saturated heterocycles. The van der Waals surface area contributed by atoms with Crippen molar-refractivity contribution in [1.82, 2.24) is 9.97 Å². The highest BCUT2D eigenvalue weighted by atomic mass is 79.9. The van der Waals surface area contributed by atoms with Crippen LogP contribution in [0.25, 0.3) is 10.9 Å². The third kappa shape index (κ3) is 3.21. The van der Waals surface area contributed by atoms with Gasteiger partial charge in [0, 0.05) is 9.86 Å². The first kappa shape index (κ1) is 15.5. The van der Waals surface area contributed by atoms with Gasteiger partial charge in [0.1, 0.15) is 5.69 Å². The van der Waals surface area contributed by atoms with Gasteiger partial charge < -0.3 is 11.1 Å². The van der Waals surface area contributed by atoms with Crippen LogP contribution in [0.5, 0.6) is 0 Å². The van der Waals surface area contributed by atoms with E-state index in [1.165, 1.54) is 12.3 Å². The van der Waals surface area contributed by atoms with E-state index in [0.717, 1.165) is 22.1 Å². The van der Waals surface area contributed by atoms with E-state index in [0.29, 0.717) is 22.6 Å². The van der Waals surface area contributed by atoms with Gasteiger partial charge in [0.2, 0.25) is 0 Å². The third-order valence-corrected chi connectivity index (χ3v) is 3.68. The molecule has 0 unspecified atom stereocenters. The van der Waals surface area contributed by atoms with Crippen molar-refractivity contribution in [2.75, 3.05) is 11.1 Å². The molecule has 0 atom stereocenters. The van der Waals surface area contributed by atoms with Crippen LogP contribution < -0.4 is 11.1 Å². The molecule has 0 bridgehead atoms. The smallest absolute Gasteiger partial charge is 0.396 e. The molecule has 1 aromatic carbocycles. The first-order valence-electron chi connectivity index (χ1n) is 6.48. The zero-order valence-electron chi connectivity index (χ0n) is 11.5. The van der Waals surface area contributed by atoms with Gasteiger partial charge in [-0.1, -0.05) is 15.9 Å². The summed E-state index contributed by atoms with van der Waals surface area (Å²) in [4.78, 5) is 7.64. The Morgan fingerprint density at radius 3 is 2.48 bits per heavy atom. The first-order chi connectivity index (χ1) is 10.8. The van der Waals surface area contributed by atoms with Crippen LogP contribution in [0.4, 0.5) is 30.2 Å². The molecular weight excluding hydrogens is 373 g/mol. The molecule has 0 fully saturated rings. The Balaban J connectivity index is 2.01. The van der Waals surface area contributed by atoms with Gasteiger partial charge in [0.25, 0.3) is 0 Å². The van der Waals surface area contributed by atoms with Crippen LogP contribution >= 0.6 is 15.9 Å². The summed E-state index contributed by atoms with van der Waals surface area (Å²) in [6.07, 6.45) is -1.85. The number of anilines is 3. The number of alkyl halides is 3. The van der Waals surface area contributed by atoms with E-state index >= 15 is 0 Å². The van der Waals surface area contributed by atoms with Gasteiger partial charge in [-0.15, -0.1) is 0 Å². The Bertz CT molecular complexity index is 858. The molecule has 0 amide bonds. The summed E-state index contributed by atoms with van der Waals surface area (Å²) in [5.74, 6) is 0.